The zero-order chi connectivity index (χ0) is 19.8. The van der Waals surface area contributed by atoms with Crippen molar-refractivity contribution >= 4 is 17.3 Å². The molecule has 2 aromatic carbocycles. The third-order valence-electron chi connectivity index (χ3n) is 5.56. The van der Waals surface area contributed by atoms with Crippen LogP contribution in [0.15, 0.2) is 48.6 Å². The fourth-order valence-corrected chi connectivity index (χ4v) is 4.27. The highest BCUT2D eigenvalue weighted by Crippen LogP contribution is 2.51. The fourth-order valence-electron chi connectivity index (χ4n) is 4.27. The molecule has 0 fully saturated rings. The average Bonchev–Trinajstić information content (AvgIpc) is 3.21. The molecule has 0 amide bonds. The first kappa shape index (κ1) is 18.0. The summed E-state index contributed by atoms with van der Waals surface area (Å²) in [7, 11) is 2.77. The highest BCUT2D eigenvalue weighted by molar-refractivity contribution is 5.97. The minimum absolute atomic E-state index is 0.0728. The number of benzene rings is 2. The van der Waals surface area contributed by atoms with Gasteiger partial charge in [-0.25, -0.2) is 4.79 Å². The Kier molecular flexibility index (Phi) is 4.50. The normalized spacial score (nSPS) is 22.0. The lowest BCUT2D eigenvalue weighted by Gasteiger charge is -2.38. The highest BCUT2D eigenvalue weighted by Gasteiger charge is 2.40. The molecule has 0 bridgehead atoms. The Morgan fingerprint density at radius 2 is 2.07 bits per heavy atom. The van der Waals surface area contributed by atoms with Gasteiger partial charge in [0.2, 0.25) is 0 Å². The number of nitro benzene ring substituents is 1. The van der Waals surface area contributed by atoms with E-state index in [1.807, 2.05) is 18.2 Å². The van der Waals surface area contributed by atoms with Crippen molar-refractivity contribution in [2.75, 3.05) is 19.5 Å². The van der Waals surface area contributed by atoms with Gasteiger partial charge in [0.25, 0.3) is 0 Å². The maximum absolute atomic E-state index is 12.3. The largest absolute Gasteiger partial charge is 0.490 e. The van der Waals surface area contributed by atoms with Gasteiger partial charge < -0.3 is 14.8 Å². The summed E-state index contributed by atoms with van der Waals surface area (Å²) >= 11 is 0. The van der Waals surface area contributed by atoms with E-state index in [9.17, 15) is 14.9 Å². The van der Waals surface area contributed by atoms with E-state index in [1.54, 1.807) is 18.2 Å². The lowest BCUT2D eigenvalue weighted by molar-refractivity contribution is -0.385. The zero-order valence-electron chi connectivity index (χ0n) is 15.5. The number of nitrogens with one attached hydrogen (secondary N) is 1. The molecule has 0 saturated carbocycles. The van der Waals surface area contributed by atoms with Crippen molar-refractivity contribution in [1.82, 2.24) is 0 Å². The molecule has 2 aliphatic rings. The van der Waals surface area contributed by atoms with Crippen LogP contribution in [0.4, 0.5) is 11.4 Å². The van der Waals surface area contributed by atoms with Gasteiger partial charge in [-0.3, -0.25) is 10.1 Å². The minimum Gasteiger partial charge on any atom is -0.490 e. The highest BCUT2D eigenvalue weighted by atomic mass is 16.6. The monoisotopic (exact) mass is 380 g/mol. The van der Waals surface area contributed by atoms with Crippen molar-refractivity contribution in [3.8, 4) is 5.75 Å². The number of allylic oxidation sites excluding steroid dienone is 2. The second-order valence-electron chi connectivity index (χ2n) is 6.93. The molecule has 7 heteroatoms. The van der Waals surface area contributed by atoms with Crippen molar-refractivity contribution in [2.24, 2.45) is 5.92 Å². The van der Waals surface area contributed by atoms with Crippen LogP contribution in [0.5, 0.6) is 5.75 Å². The third-order valence-corrected chi connectivity index (χ3v) is 5.56. The van der Waals surface area contributed by atoms with Crippen molar-refractivity contribution in [2.45, 2.75) is 18.4 Å². The van der Waals surface area contributed by atoms with Crippen molar-refractivity contribution in [1.29, 1.82) is 0 Å². The Bertz CT molecular complexity index is 985. The van der Waals surface area contributed by atoms with E-state index in [-0.39, 0.29) is 29.3 Å². The van der Waals surface area contributed by atoms with Crippen molar-refractivity contribution in [3.63, 3.8) is 0 Å². The number of hydrogen-bond acceptors (Lipinski definition) is 6. The van der Waals surface area contributed by atoms with E-state index in [4.69, 9.17) is 9.47 Å². The number of fused-ring (bicyclic) bond motifs is 3. The van der Waals surface area contributed by atoms with Gasteiger partial charge in [-0.2, -0.15) is 0 Å². The van der Waals surface area contributed by atoms with E-state index >= 15 is 0 Å². The van der Waals surface area contributed by atoms with Crippen LogP contribution in [0.25, 0.3) is 0 Å². The van der Waals surface area contributed by atoms with Gasteiger partial charge in [0.15, 0.2) is 5.75 Å². The molecule has 1 N–H and O–H groups in total. The first-order valence-electron chi connectivity index (χ1n) is 9.02. The number of ether oxygens (including phenoxy) is 2. The lowest BCUT2D eigenvalue weighted by Crippen LogP contribution is -2.30. The first-order chi connectivity index (χ1) is 13.5. The fraction of sp³-hybridized carbons (Fsp3) is 0.286. The Morgan fingerprint density at radius 1 is 1.25 bits per heavy atom. The summed E-state index contributed by atoms with van der Waals surface area (Å²) in [5, 5.41) is 14.9. The number of para-hydroxylation sites is 1. The van der Waals surface area contributed by atoms with E-state index < -0.39 is 10.9 Å². The molecule has 0 aromatic heterocycles. The number of hydrogen-bond donors (Lipinski definition) is 1. The number of nitrogens with zero attached hydrogens (tertiary/aromatic N) is 1. The van der Waals surface area contributed by atoms with Crippen LogP contribution in [0.3, 0.4) is 0 Å². The second-order valence-corrected chi connectivity index (χ2v) is 6.93. The molecule has 0 unspecified atom stereocenters. The number of methoxy groups -OCH3 is 2. The Labute approximate surface area is 162 Å². The van der Waals surface area contributed by atoms with Crippen molar-refractivity contribution in [3.05, 3.63) is 75.4 Å². The molecule has 7 nitrogen and oxygen atoms in total. The summed E-state index contributed by atoms with van der Waals surface area (Å²) in [6, 6.07) is 10.4. The van der Waals surface area contributed by atoms with Gasteiger partial charge in [-0.05, 0) is 35.6 Å². The summed E-state index contributed by atoms with van der Waals surface area (Å²) in [5.74, 6) is 0.144. The number of rotatable bonds is 4. The lowest BCUT2D eigenvalue weighted by atomic mass is 9.76. The standard InChI is InChI=1S/C21H20N2O5/c1-27-18-10-9-12(11-17(18)23(25)26)19-14-6-3-5-13(14)15-7-4-8-16(20(15)22-19)21(24)28-2/h3-5,7-11,13-14,19,22H,6H2,1-2H3/t13-,14-,19-/m0/s1. The summed E-state index contributed by atoms with van der Waals surface area (Å²) in [5.41, 5.74) is 2.95. The van der Waals surface area contributed by atoms with Crippen LogP contribution in [-0.2, 0) is 4.74 Å². The molecular formula is C21H20N2O5. The molecule has 2 aromatic rings. The molecular weight excluding hydrogens is 360 g/mol. The van der Waals surface area contributed by atoms with E-state index in [0.717, 1.165) is 23.2 Å². The topological polar surface area (TPSA) is 90.7 Å². The van der Waals surface area contributed by atoms with Gasteiger partial charge in [0, 0.05) is 12.0 Å². The summed E-state index contributed by atoms with van der Waals surface area (Å²) in [4.78, 5) is 23.3. The van der Waals surface area contributed by atoms with Crippen LogP contribution in [-0.4, -0.2) is 25.1 Å². The molecule has 3 atom stereocenters. The third kappa shape index (κ3) is 2.79. The minimum atomic E-state index is -0.441. The predicted molar refractivity (Wildman–Crippen MR) is 104 cm³/mol. The predicted octanol–water partition coefficient (Wildman–Crippen LogP) is 4.22. The molecule has 1 heterocycles. The SMILES string of the molecule is COC(=O)c1cccc2c1N[C@@H](c1ccc(OC)c([N+](=O)[O-])c1)[C@H]1CC=C[C@H]21. The van der Waals surface area contributed by atoms with Gasteiger partial charge in [0.1, 0.15) is 0 Å². The molecule has 0 saturated heterocycles. The number of carbonyl (C=O) groups excluding carboxylic acids is 1. The Hall–Kier alpha value is -3.35. The van der Waals surface area contributed by atoms with E-state index in [0.29, 0.717) is 5.56 Å². The summed E-state index contributed by atoms with van der Waals surface area (Å²) in [6.07, 6.45) is 5.13. The Morgan fingerprint density at radius 3 is 2.79 bits per heavy atom. The van der Waals surface area contributed by atoms with Crippen LogP contribution in [0.1, 0.15) is 39.9 Å². The van der Waals surface area contributed by atoms with Crippen LogP contribution >= 0.6 is 0 Å². The molecule has 1 aliphatic heterocycles. The van der Waals surface area contributed by atoms with Crippen LogP contribution in [0, 0.1) is 16.0 Å². The smallest absolute Gasteiger partial charge is 0.339 e. The maximum Gasteiger partial charge on any atom is 0.339 e. The average molecular weight is 380 g/mol. The van der Waals surface area contributed by atoms with E-state index in [1.165, 1.54) is 14.2 Å². The van der Waals surface area contributed by atoms with Gasteiger partial charge in [-0.15, -0.1) is 0 Å². The molecule has 4 rings (SSSR count). The maximum atomic E-state index is 12.3. The van der Waals surface area contributed by atoms with Crippen LogP contribution in [0.2, 0.25) is 0 Å². The van der Waals surface area contributed by atoms with E-state index in [2.05, 4.69) is 17.5 Å². The van der Waals surface area contributed by atoms with Gasteiger partial charge >= 0.3 is 11.7 Å². The van der Waals surface area contributed by atoms with Crippen LogP contribution < -0.4 is 10.1 Å². The summed E-state index contributed by atoms with van der Waals surface area (Å²) < 4.78 is 10.1. The quantitative estimate of drug-likeness (QED) is 0.370. The van der Waals surface area contributed by atoms with Gasteiger partial charge in [0.05, 0.1) is 36.4 Å². The molecule has 1 aliphatic carbocycles. The number of anilines is 1. The number of carbonyl (C=O) groups is 1. The van der Waals surface area contributed by atoms with Crippen molar-refractivity contribution < 1.29 is 19.2 Å². The molecule has 0 spiro atoms. The molecule has 28 heavy (non-hydrogen) atoms. The second kappa shape index (κ2) is 6.99. The Balaban J connectivity index is 1.82. The number of nitro groups is 1. The molecule has 0 radical (unpaired) electrons. The first-order valence-corrected chi connectivity index (χ1v) is 9.02. The summed E-state index contributed by atoms with van der Waals surface area (Å²) in [6.45, 7) is 0. The number of esters is 1. The molecule has 144 valence electrons. The van der Waals surface area contributed by atoms with Gasteiger partial charge in [-0.1, -0.05) is 30.4 Å². The zero-order valence-corrected chi connectivity index (χ0v) is 15.5.